The summed E-state index contributed by atoms with van der Waals surface area (Å²) in [6.45, 7) is 7.39. The Kier molecular flexibility index (Phi) is 4.78. The molecule has 1 aromatic rings. The summed E-state index contributed by atoms with van der Waals surface area (Å²) >= 11 is 0. The first-order valence-electron chi connectivity index (χ1n) is 8.42. The van der Waals surface area contributed by atoms with Crippen LogP contribution in [0.25, 0.3) is 0 Å². The predicted molar refractivity (Wildman–Crippen MR) is 88.1 cm³/mol. The maximum atomic E-state index is 13.0. The molecule has 1 N–H and O–H groups in total. The number of fused-ring (bicyclic) bond motifs is 1. The van der Waals surface area contributed by atoms with Gasteiger partial charge in [0.2, 0.25) is 0 Å². The van der Waals surface area contributed by atoms with E-state index in [1.54, 1.807) is 17.0 Å². The lowest BCUT2D eigenvalue weighted by Gasteiger charge is -2.27. The maximum absolute atomic E-state index is 13.0. The second-order valence-electron chi connectivity index (χ2n) is 7.44. The summed E-state index contributed by atoms with van der Waals surface area (Å²) in [5, 5.41) is 3.43. The number of rotatable bonds is 3. The van der Waals surface area contributed by atoms with E-state index in [2.05, 4.69) is 5.32 Å². The smallest absolute Gasteiger partial charge is 0.410 e. The molecule has 6 heteroatoms. The number of carbonyl (C=O) groups excluding carboxylic acids is 1. The first-order chi connectivity index (χ1) is 11.3. The third-order valence-electron chi connectivity index (χ3n) is 4.42. The van der Waals surface area contributed by atoms with Crippen molar-refractivity contribution in [1.82, 2.24) is 10.2 Å². The fourth-order valence-electron chi connectivity index (χ4n) is 3.36. The number of benzene rings is 1. The van der Waals surface area contributed by atoms with Crippen molar-refractivity contribution in [2.45, 2.75) is 57.6 Å². The Morgan fingerprint density at radius 3 is 2.71 bits per heavy atom. The largest absolute Gasteiger partial charge is 0.444 e. The van der Waals surface area contributed by atoms with Crippen molar-refractivity contribution >= 4 is 6.09 Å². The van der Waals surface area contributed by atoms with Crippen LogP contribution in [0.4, 0.5) is 9.18 Å². The van der Waals surface area contributed by atoms with Gasteiger partial charge in [0.25, 0.3) is 0 Å². The molecule has 0 aliphatic carbocycles. The van der Waals surface area contributed by atoms with E-state index in [0.717, 1.165) is 18.5 Å². The molecular weight excluding hydrogens is 311 g/mol. The lowest BCUT2D eigenvalue weighted by molar-refractivity contribution is 0.0126. The molecule has 2 aliphatic heterocycles. The number of ether oxygens (including phenoxy) is 2. The number of amides is 1. The Balaban J connectivity index is 1.62. The molecule has 0 bridgehead atoms. The van der Waals surface area contributed by atoms with Crippen molar-refractivity contribution in [3.63, 3.8) is 0 Å². The minimum Gasteiger partial charge on any atom is -0.444 e. The number of carbonyl (C=O) groups is 1. The van der Waals surface area contributed by atoms with Gasteiger partial charge in [0.15, 0.2) is 0 Å². The number of nitrogens with zero attached hydrogens (tertiary/aromatic N) is 1. The molecule has 0 radical (unpaired) electrons. The molecule has 1 aromatic carbocycles. The third-order valence-corrected chi connectivity index (χ3v) is 4.42. The fraction of sp³-hybridized carbons (Fsp3) is 0.611. The Morgan fingerprint density at radius 1 is 1.33 bits per heavy atom. The van der Waals surface area contributed by atoms with Gasteiger partial charge >= 0.3 is 6.09 Å². The van der Waals surface area contributed by atoms with Crippen LogP contribution < -0.4 is 5.32 Å². The minimum atomic E-state index is -0.508. The lowest BCUT2D eigenvalue weighted by atomic mass is 10.1. The summed E-state index contributed by atoms with van der Waals surface area (Å²) < 4.78 is 24.5. The van der Waals surface area contributed by atoms with Crippen LogP contribution in [0.15, 0.2) is 24.3 Å². The zero-order chi connectivity index (χ0) is 17.3. The van der Waals surface area contributed by atoms with Gasteiger partial charge in [0, 0.05) is 0 Å². The van der Waals surface area contributed by atoms with E-state index in [-0.39, 0.29) is 30.1 Å². The van der Waals surface area contributed by atoms with Gasteiger partial charge in [0.1, 0.15) is 11.4 Å². The van der Waals surface area contributed by atoms with Crippen LogP contribution in [0, 0.1) is 5.82 Å². The molecule has 24 heavy (non-hydrogen) atoms. The highest BCUT2D eigenvalue weighted by atomic mass is 19.1. The van der Waals surface area contributed by atoms with Crippen LogP contribution in [0.3, 0.4) is 0 Å². The summed E-state index contributed by atoms with van der Waals surface area (Å²) in [4.78, 5) is 14.2. The molecule has 0 unspecified atom stereocenters. The molecule has 132 valence electrons. The zero-order valence-electron chi connectivity index (χ0n) is 14.4. The minimum absolute atomic E-state index is 0.0879. The molecule has 0 aromatic heterocycles. The summed E-state index contributed by atoms with van der Waals surface area (Å²) in [7, 11) is 0. The quantitative estimate of drug-likeness (QED) is 0.922. The van der Waals surface area contributed by atoms with E-state index >= 15 is 0 Å². The van der Waals surface area contributed by atoms with Crippen LogP contribution in [-0.4, -0.2) is 47.9 Å². The average molecular weight is 336 g/mol. The van der Waals surface area contributed by atoms with Gasteiger partial charge in [0.05, 0.1) is 31.3 Å². The molecule has 1 amide bonds. The van der Waals surface area contributed by atoms with Crippen molar-refractivity contribution in [3.05, 3.63) is 35.6 Å². The second kappa shape index (κ2) is 6.69. The molecule has 2 aliphatic rings. The highest BCUT2D eigenvalue weighted by Crippen LogP contribution is 2.29. The van der Waals surface area contributed by atoms with Crippen molar-refractivity contribution in [1.29, 1.82) is 0 Å². The van der Waals surface area contributed by atoms with E-state index in [9.17, 15) is 9.18 Å². The molecule has 0 spiro atoms. The summed E-state index contributed by atoms with van der Waals surface area (Å²) in [5.74, 6) is -0.256. The average Bonchev–Trinajstić information content (AvgIpc) is 3.07. The molecule has 3 atom stereocenters. The molecule has 0 saturated carbocycles. The van der Waals surface area contributed by atoms with E-state index < -0.39 is 5.60 Å². The summed E-state index contributed by atoms with van der Waals surface area (Å²) in [6, 6.07) is 6.52. The van der Waals surface area contributed by atoms with Crippen molar-refractivity contribution < 1.29 is 18.7 Å². The first-order valence-corrected chi connectivity index (χ1v) is 8.42. The topological polar surface area (TPSA) is 50.8 Å². The second-order valence-corrected chi connectivity index (χ2v) is 7.44. The SMILES string of the molecule is CC(C)(C)OC(=O)N1C[C@H](OCc2ccc(F)cc2)[C@H]2NCC[C@H]21. The maximum Gasteiger partial charge on any atom is 0.410 e. The van der Waals surface area contributed by atoms with Gasteiger partial charge in [-0.15, -0.1) is 0 Å². The highest BCUT2D eigenvalue weighted by Gasteiger charge is 2.48. The molecule has 2 fully saturated rings. The molecule has 2 heterocycles. The zero-order valence-corrected chi connectivity index (χ0v) is 14.4. The molecule has 2 saturated heterocycles. The van der Waals surface area contributed by atoms with Gasteiger partial charge < -0.3 is 19.7 Å². The van der Waals surface area contributed by atoms with E-state index in [0.29, 0.717) is 13.2 Å². The van der Waals surface area contributed by atoms with Gasteiger partial charge in [-0.3, -0.25) is 0 Å². The molecular formula is C18H25FN2O3. The Hall–Kier alpha value is -1.66. The van der Waals surface area contributed by atoms with Crippen LogP contribution in [0.2, 0.25) is 0 Å². The number of hydrogen-bond donors (Lipinski definition) is 1. The Morgan fingerprint density at radius 2 is 2.04 bits per heavy atom. The number of likely N-dealkylation sites (tertiary alicyclic amines) is 1. The Bertz CT molecular complexity index is 585. The normalized spacial score (nSPS) is 26.5. The van der Waals surface area contributed by atoms with Gasteiger partial charge in [-0.25, -0.2) is 9.18 Å². The van der Waals surface area contributed by atoms with E-state index in [1.807, 2.05) is 20.8 Å². The predicted octanol–water partition coefficient (Wildman–Crippen LogP) is 2.69. The molecule has 3 rings (SSSR count). The van der Waals surface area contributed by atoms with Gasteiger partial charge in [-0.05, 0) is 51.4 Å². The fourth-order valence-corrected chi connectivity index (χ4v) is 3.36. The number of nitrogens with one attached hydrogen (secondary N) is 1. The van der Waals surface area contributed by atoms with Crippen LogP contribution in [0.5, 0.6) is 0 Å². The Labute approximate surface area is 142 Å². The number of hydrogen-bond acceptors (Lipinski definition) is 4. The molecule has 5 nitrogen and oxygen atoms in total. The van der Waals surface area contributed by atoms with E-state index in [1.165, 1.54) is 12.1 Å². The summed E-state index contributed by atoms with van der Waals surface area (Å²) in [6.07, 6.45) is 0.532. The summed E-state index contributed by atoms with van der Waals surface area (Å²) in [5.41, 5.74) is 0.410. The van der Waals surface area contributed by atoms with E-state index in [4.69, 9.17) is 9.47 Å². The standard InChI is InChI=1S/C18H25FN2O3/c1-18(2,3)24-17(22)21-10-15(16-14(21)8-9-20-16)23-11-12-4-6-13(19)7-5-12/h4-7,14-16,20H,8-11H2,1-3H3/t14-,15+,16+/m1/s1. The lowest BCUT2D eigenvalue weighted by Crippen LogP contribution is -2.42. The van der Waals surface area contributed by atoms with Gasteiger partial charge in [-0.1, -0.05) is 12.1 Å². The monoisotopic (exact) mass is 336 g/mol. The third kappa shape index (κ3) is 3.87. The highest BCUT2D eigenvalue weighted by molar-refractivity contribution is 5.69. The first kappa shape index (κ1) is 17.2. The van der Waals surface area contributed by atoms with Crippen LogP contribution >= 0.6 is 0 Å². The van der Waals surface area contributed by atoms with Crippen LogP contribution in [-0.2, 0) is 16.1 Å². The van der Waals surface area contributed by atoms with Crippen LogP contribution in [0.1, 0.15) is 32.8 Å². The van der Waals surface area contributed by atoms with Crippen molar-refractivity contribution in [2.75, 3.05) is 13.1 Å². The number of halogens is 1. The van der Waals surface area contributed by atoms with Crippen molar-refractivity contribution in [3.8, 4) is 0 Å². The van der Waals surface area contributed by atoms with Gasteiger partial charge in [-0.2, -0.15) is 0 Å². The van der Waals surface area contributed by atoms with Crippen molar-refractivity contribution in [2.24, 2.45) is 0 Å².